The monoisotopic (exact) mass is 328 g/mol. The number of nitrogens with zero attached hydrogens (tertiary/aromatic N) is 1. The van der Waals surface area contributed by atoms with Crippen molar-refractivity contribution in [3.63, 3.8) is 0 Å². The van der Waals surface area contributed by atoms with E-state index in [9.17, 15) is 4.79 Å². The minimum Gasteiger partial charge on any atom is -0.316 e. The highest BCUT2D eigenvalue weighted by Crippen LogP contribution is 2.39. The van der Waals surface area contributed by atoms with Crippen molar-refractivity contribution in [1.82, 2.24) is 10.6 Å². The van der Waals surface area contributed by atoms with Crippen LogP contribution < -0.4 is 16.0 Å². The molecule has 0 spiro atoms. The van der Waals surface area contributed by atoms with Gasteiger partial charge in [-0.05, 0) is 48.1 Å². The summed E-state index contributed by atoms with van der Waals surface area (Å²) in [4.78, 5) is 11.6. The van der Waals surface area contributed by atoms with Gasteiger partial charge in [-0.15, -0.1) is 12.4 Å². The van der Waals surface area contributed by atoms with E-state index >= 15 is 0 Å². The molecular formula is C18H19ClN3O. The summed E-state index contributed by atoms with van der Waals surface area (Å²) in [5.74, 6) is 0.445. The lowest BCUT2D eigenvalue weighted by Gasteiger charge is -2.15. The zero-order valence-corrected chi connectivity index (χ0v) is 13.5. The van der Waals surface area contributed by atoms with E-state index < -0.39 is 0 Å². The van der Waals surface area contributed by atoms with Crippen molar-refractivity contribution in [2.45, 2.75) is 18.8 Å². The smallest absolute Gasteiger partial charge is 0.316 e. The summed E-state index contributed by atoms with van der Waals surface area (Å²) in [6.07, 6.45) is 1.97. The van der Waals surface area contributed by atoms with E-state index in [2.05, 4.69) is 52.3 Å². The predicted molar refractivity (Wildman–Crippen MR) is 94.0 cm³/mol. The maximum Gasteiger partial charge on any atom is 0.346 e. The fourth-order valence-corrected chi connectivity index (χ4v) is 3.35. The van der Waals surface area contributed by atoms with Crippen molar-refractivity contribution in [1.29, 1.82) is 0 Å². The first-order valence-corrected chi connectivity index (χ1v) is 7.74. The minimum atomic E-state index is -0.251. The van der Waals surface area contributed by atoms with E-state index in [4.69, 9.17) is 0 Å². The first-order valence-electron chi connectivity index (χ1n) is 7.74. The lowest BCUT2D eigenvalue weighted by atomic mass is 9.92. The van der Waals surface area contributed by atoms with Crippen molar-refractivity contribution in [3.8, 4) is 0 Å². The number of rotatable bonds is 3. The Bertz CT molecular complexity index is 712. The highest BCUT2D eigenvalue weighted by molar-refractivity contribution is 6.03. The van der Waals surface area contributed by atoms with Crippen molar-refractivity contribution in [2.24, 2.45) is 0 Å². The molecule has 2 amide bonds. The molecule has 1 radical (unpaired) electrons. The van der Waals surface area contributed by atoms with E-state index in [-0.39, 0.29) is 18.4 Å². The first kappa shape index (κ1) is 15.8. The van der Waals surface area contributed by atoms with Gasteiger partial charge in [-0.2, -0.15) is 5.32 Å². The molecule has 1 fully saturated rings. The van der Waals surface area contributed by atoms with Crippen LogP contribution in [0, 0.1) is 0 Å². The van der Waals surface area contributed by atoms with Crippen LogP contribution in [0.25, 0.3) is 0 Å². The summed E-state index contributed by atoms with van der Waals surface area (Å²) < 4.78 is 0. The second kappa shape index (κ2) is 6.60. The van der Waals surface area contributed by atoms with Gasteiger partial charge < -0.3 is 10.6 Å². The first-order chi connectivity index (χ1) is 10.8. The van der Waals surface area contributed by atoms with Crippen molar-refractivity contribution in [2.75, 3.05) is 18.4 Å². The molecule has 1 unspecified atom stereocenters. The van der Waals surface area contributed by atoms with Crippen LogP contribution in [0.3, 0.4) is 0 Å². The average molecular weight is 329 g/mol. The Labute approximate surface area is 142 Å². The van der Waals surface area contributed by atoms with Crippen LogP contribution in [-0.2, 0) is 6.42 Å². The lowest BCUT2D eigenvalue weighted by Crippen LogP contribution is -2.10. The number of fused-ring (bicyclic) bond motifs is 1. The summed E-state index contributed by atoms with van der Waals surface area (Å²) in [5.41, 5.74) is 5.41. The number of anilines is 1. The van der Waals surface area contributed by atoms with Gasteiger partial charge in [0.05, 0.1) is 11.4 Å². The molecule has 4 nitrogen and oxygen atoms in total. The Morgan fingerprint density at radius 2 is 1.96 bits per heavy atom. The second-order valence-corrected chi connectivity index (χ2v) is 5.98. The number of benzene rings is 2. The number of hydrogen-bond acceptors (Lipinski definition) is 2. The maximum atomic E-state index is 11.6. The molecule has 2 aliphatic heterocycles. The molecule has 1 saturated heterocycles. The average Bonchev–Trinajstić information content (AvgIpc) is 3.16. The van der Waals surface area contributed by atoms with Crippen LogP contribution >= 0.6 is 12.4 Å². The molecule has 2 aliphatic rings. The zero-order valence-electron chi connectivity index (χ0n) is 12.7. The Balaban J connectivity index is 0.00000156. The molecule has 1 atom stereocenters. The molecule has 0 aromatic heterocycles. The van der Waals surface area contributed by atoms with Crippen molar-refractivity contribution < 1.29 is 4.79 Å². The summed E-state index contributed by atoms with van der Waals surface area (Å²) in [7, 11) is 0. The fraction of sp³-hybridized carbons (Fsp3) is 0.278. The highest BCUT2D eigenvalue weighted by Gasteiger charge is 2.28. The second-order valence-electron chi connectivity index (χ2n) is 5.98. The summed E-state index contributed by atoms with van der Waals surface area (Å²) >= 11 is 0. The number of carbonyl (C=O) groups excluding carboxylic acids is 1. The highest BCUT2D eigenvalue weighted by atomic mass is 35.5. The molecule has 2 aromatic rings. The molecule has 0 aliphatic carbocycles. The largest absolute Gasteiger partial charge is 0.346 e. The Morgan fingerprint density at radius 1 is 1.13 bits per heavy atom. The number of urea groups is 1. The number of nitrogens with one attached hydrogen (secondary N) is 2. The quantitative estimate of drug-likeness (QED) is 0.905. The van der Waals surface area contributed by atoms with Gasteiger partial charge in [-0.3, -0.25) is 0 Å². The molecule has 119 valence electrons. The van der Waals surface area contributed by atoms with Gasteiger partial charge in [0, 0.05) is 6.54 Å². The third kappa shape index (κ3) is 3.19. The van der Waals surface area contributed by atoms with Crippen LogP contribution in [0.4, 0.5) is 16.2 Å². The van der Waals surface area contributed by atoms with E-state index in [1.807, 2.05) is 6.07 Å². The lowest BCUT2D eigenvalue weighted by molar-refractivity contribution is 0.256. The van der Waals surface area contributed by atoms with E-state index in [0.717, 1.165) is 37.3 Å². The van der Waals surface area contributed by atoms with E-state index in [0.29, 0.717) is 5.92 Å². The van der Waals surface area contributed by atoms with Crippen LogP contribution in [0.2, 0.25) is 0 Å². The standard InChI is InChI=1S/C18H18N3O.ClH/c22-18-20-16-10-13(8-12-4-2-1-3-5-12)9-15(17(16)21-18)14-6-7-19-11-14;/h1-5,9-10,14,19H,6-8,11H2,(H,20,22);1H. The summed E-state index contributed by atoms with van der Waals surface area (Å²) in [5, 5.41) is 10.4. The molecular weight excluding hydrogens is 310 g/mol. The molecule has 2 N–H and O–H groups in total. The topological polar surface area (TPSA) is 55.2 Å². The normalized spacial score (nSPS) is 18.8. The van der Waals surface area contributed by atoms with Crippen molar-refractivity contribution in [3.05, 3.63) is 59.2 Å². The van der Waals surface area contributed by atoms with Gasteiger partial charge in [0.15, 0.2) is 0 Å². The van der Waals surface area contributed by atoms with E-state index in [1.165, 1.54) is 16.7 Å². The van der Waals surface area contributed by atoms with Gasteiger partial charge in [0.2, 0.25) is 0 Å². The number of hydrogen-bond donors (Lipinski definition) is 2. The Kier molecular flexibility index (Phi) is 4.55. The SMILES string of the molecule is Cl.O=C1[N]c2c(cc(Cc3ccccc3)cc2C2CCNC2)N1. The summed E-state index contributed by atoms with van der Waals surface area (Å²) in [6.45, 7) is 1.99. The molecule has 5 heteroatoms. The van der Waals surface area contributed by atoms with Gasteiger partial charge >= 0.3 is 6.03 Å². The molecule has 2 heterocycles. The third-order valence-corrected chi connectivity index (χ3v) is 4.41. The number of amides is 2. The molecule has 0 saturated carbocycles. The van der Waals surface area contributed by atoms with Crippen LogP contribution in [0.15, 0.2) is 42.5 Å². The molecule has 4 rings (SSSR count). The minimum absolute atomic E-state index is 0. The third-order valence-electron chi connectivity index (χ3n) is 4.41. The predicted octanol–water partition coefficient (Wildman–Crippen LogP) is 3.56. The van der Waals surface area contributed by atoms with Gasteiger partial charge in [-0.25, -0.2) is 4.79 Å². The van der Waals surface area contributed by atoms with Crippen LogP contribution in [0.5, 0.6) is 0 Å². The van der Waals surface area contributed by atoms with Gasteiger partial charge in [-0.1, -0.05) is 36.4 Å². The van der Waals surface area contributed by atoms with E-state index in [1.54, 1.807) is 0 Å². The Hall–Kier alpha value is -2.04. The van der Waals surface area contributed by atoms with Crippen LogP contribution in [0.1, 0.15) is 29.0 Å². The Morgan fingerprint density at radius 3 is 2.70 bits per heavy atom. The molecule has 2 aromatic carbocycles. The molecule has 0 bridgehead atoms. The van der Waals surface area contributed by atoms with Gasteiger partial charge in [0.1, 0.15) is 0 Å². The maximum absolute atomic E-state index is 11.6. The molecule has 23 heavy (non-hydrogen) atoms. The van der Waals surface area contributed by atoms with Crippen LogP contribution in [-0.4, -0.2) is 19.1 Å². The number of halogens is 1. The van der Waals surface area contributed by atoms with Crippen molar-refractivity contribution >= 4 is 29.8 Å². The number of carbonyl (C=O) groups is 1. The fourth-order valence-electron chi connectivity index (χ4n) is 3.35. The van der Waals surface area contributed by atoms with Gasteiger partial charge in [0.25, 0.3) is 0 Å². The zero-order chi connectivity index (χ0) is 14.9. The summed E-state index contributed by atoms with van der Waals surface area (Å²) in [6, 6.07) is 14.4.